The highest BCUT2D eigenvalue weighted by molar-refractivity contribution is 5.91. The molecule has 0 radical (unpaired) electrons. The molecule has 1 N–H and O–H groups in total. The fourth-order valence-corrected chi connectivity index (χ4v) is 4.53. The van der Waals surface area contributed by atoms with Gasteiger partial charge in [0.05, 0.1) is 24.4 Å². The van der Waals surface area contributed by atoms with Crippen LogP contribution in [0.5, 0.6) is 11.5 Å². The van der Waals surface area contributed by atoms with Crippen molar-refractivity contribution in [2.45, 2.75) is 26.2 Å². The highest BCUT2D eigenvalue weighted by atomic mass is 16.5. The molecule has 4 aromatic rings. The fraction of sp³-hybridized carbons (Fsp3) is 0.179. The maximum atomic E-state index is 12.6. The summed E-state index contributed by atoms with van der Waals surface area (Å²) in [5, 5.41) is 9.09. The minimum Gasteiger partial charge on any atom is -0.423 e. The van der Waals surface area contributed by atoms with Crippen LogP contribution in [0.25, 0.3) is 34.4 Å². The Labute approximate surface area is 264 Å². The first kappa shape index (κ1) is 32.9. The minimum absolute atomic E-state index is 0.0278. The lowest BCUT2D eigenvalue weighted by Crippen LogP contribution is -2.14. The lowest BCUT2D eigenvalue weighted by molar-refractivity contribution is -0.131. The number of ether oxygens (including phenoxy) is 3. The molecule has 0 saturated heterocycles. The Kier molecular flexibility index (Phi) is 11.8. The van der Waals surface area contributed by atoms with Gasteiger partial charge in [0.2, 0.25) is 0 Å². The fourth-order valence-electron chi connectivity index (χ4n) is 4.53. The van der Waals surface area contributed by atoms with Crippen molar-refractivity contribution in [2.24, 2.45) is 0 Å². The molecule has 0 heterocycles. The number of aliphatic hydroxyl groups is 1. The van der Waals surface area contributed by atoms with E-state index in [4.69, 9.17) is 19.3 Å². The third kappa shape index (κ3) is 9.22. The van der Waals surface area contributed by atoms with Gasteiger partial charge in [-0.2, -0.15) is 0 Å². The predicted molar refractivity (Wildman–Crippen MR) is 180 cm³/mol. The molecule has 45 heavy (non-hydrogen) atoms. The normalized spacial score (nSPS) is 10.9. The van der Waals surface area contributed by atoms with E-state index >= 15 is 0 Å². The SMILES string of the molecule is C=C(CO)C(=O)Oc1ccc(-c2ccc(OC(=O)C(=C)COC)c(/C=C/c3ccc(-c4ccc(CCCC)cc4)cc3)c2)cc1. The van der Waals surface area contributed by atoms with Crippen molar-refractivity contribution in [3.05, 3.63) is 132 Å². The van der Waals surface area contributed by atoms with Crippen LogP contribution in [-0.4, -0.2) is 37.4 Å². The van der Waals surface area contributed by atoms with E-state index < -0.39 is 18.5 Å². The van der Waals surface area contributed by atoms with Gasteiger partial charge in [0.15, 0.2) is 0 Å². The highest BCUT2D eigenvalue weighted by Gasteiger charge is 2.14. The van der Waals surface area contributed by atoms with Crippen molar-refractivity contribution >= 4 is 24.1 Å². The number of rotatable bonds is 14. The summed E-state index contributed by atoms with van der Waals surface area (Å²) in [7, 11) is 1.49. The van der Waals surface area contributed by atoms with Gasteiger partial charge in [0.25, 0.3) is 0 Å². The van der Waals surface area contributed by atoms with E-state index in [1.807, 2.05) is 36.4 Å². The molecule has 0 saturated carbocycles. The number of hydrogen-bond acceptors (Lipinski definition) is 6. The zero-order valence-electron chi connectivity index (χ0n) is 25.8. The molecule has 0 atom stereocenters. The maximum absolute atomic E-state index is 12.6. The topological polar surface area (TPSA) is 82.1 Å². The summed E-state index contributed by atoms with van der Waals surface area (Å²) < 4.78 is 16.0. The van der Waals surface area contributed by atoms with Gasteiger partial charge in [0, 0.05) is 12.7 Å². The Balaban J connectivity index is 1.57. The van der Waals surface area contributed by atoms with Crippen LogP contribution in [-0.2, 0) is 20.7 Å². The van der Waals surface area contributed by atoms with Crippen LogP contribution in [0, 0.1) is 0 Å². The molecule has 0 aromatic heterocycles. The number of hydrogen-bond donors (Lipinski definition) is 1. The minimum atomic E-state index is -0.688. The molecule has 230 valence electrons. The molecule has 0 bridgehead atoms. The summed E-state index contributed by atoms with van der Waals surface area (Å²) in [5.41, 5.74) is 7.24. The van der Waals surface area contributed by atoms with E-state index in [0.717, 1.165) is 28.7 Å². The molecule has 0 spiro atoms. The number of esters is 2. The smallest absolute Gasteiger partial charge is 0.341 e. The van der Waals surface area contributed by atoms with Crippen molar-refractivity contribution in [1.82, 2.24) is 0 Å². The predicted octanol–water partition coefficient (Wildman–Crippen LogP) is 8.10. The van der Waals surface area contributed by atoms with Crippen molar-refractivity contribution in [3.63, 3.8) is 0 Å². The third-order valence-electron chi connectivity index (χ3n) is 7.17. The lowest BCUT2D eigenvalue weighted by Gasteiger charge is -2.12. The first-order valence-electron chi connectivity index (χ1n) is 14.8. The summed E-state index contributed by atoms with van der Waals surface area (Å²) in [6, 6.07) is 29.5. The Bertz CT molecular complexity index is 1660. The molecule has 0 aliphatic carbocycles. The summed E-state index contributed by atoms with van der Waals surface area (Å²) in [6.45, 7) is 9.03. The monoisotopic (exact) mass is 602 g/mol. The summed E-state index contributed by atoms with van der Waals surface area (Å²) in [4.78, 5) is 24.6. The van der Waals surface area contributed by atoms with E-state index in [9.17, 15) is 9.59 Å². The number of carbonyl (C=O) groups excluding carboxylic acids is 2. The van der Waals surface area contributed by atoms with Crippen LogP contribution >= 0.6 is 0 Å². The van der Waals surface area contributed by atoms with Gasteiger partial charge in [-0.05, 0) is 70.5 Å². The Morgan fingerprint density at radius 2 is 1.31 bits per heavy atom. The van der Waals surface area contributed by atoms with Crippen LogP contribution in [0.15, 0.2) is 115 Å². The first-order chi connectivity index (χ1) is 21.8. The zero-order valence-corrected chi connectivity index (χ0v) is 25.8. The van der Waals surface area contributed by atoms with E-state index in [1.165, 1.54) is 31.1 Å². The van der Waals surface area contributed by atoms with Gasteiger partial charge < -0.3 is 19.3 Å². The van der Waals surface area contributed by atoms with E-state index in [0.29, 0.717) is 17.1 Å². The average Bonchev–Trinajstić information content (AvgIpc) is 3.07. The number of methoxy groups -OCH3 is 1. The van der Waals surface area contributed by atoms with Crippen molar-refractivity contribution < 1.29 is 28.9 Å². The molecule has 4 rings (SSSR count). The standard InChI is InChI=1S/C39H38O6/c1-5-6-7-29-8-13-31(14-9-29)32-15-10-30(11-16-32)12-17-35-24-34(20-23-37(35)45-39(42)28(3)26-43-4)33-18-21-36(22-19-33)44-38(41)27(2)25-40/h8-24,40H,2-3,5-7,25-26H2,1,4H3/b17-12+. The molecule has 0 aliphatic heterocycles. The number of aliphatic hydroxyl groups excluding tert-OH is 1. The van der Waals surface area contributed by atoms with Crippen molar-refractivity contribution in [3.8, 4) is 33.8 Å². The second-order valence-electron chi connectivity index (χ2n) is 10.6. The number of carbonyl (C=O) groups is 2. The summed E-state index contributed by atoms with van der Waals surface area (Å²) in [5.74, 6) is -0.547. The molecular formula is C39H38O6. The van der Waals surface area contributed by atoms with Crippen LogP contribution in [0.3, 0.4) is 0 Å². The van der Waals surface area contributed by atoms with E-state index in [1.54, 1.807) is 18.2 Å². The summed E-state index contributed by atoms with van der Waals surface area (Å²) >= 11 is 0. The molecular weight excluding hydrogens is 564 g/mol. The Morgan fingerprint density at radius 1 is 0.733 bits per heavy atom. The van der Waals surface area contributed by atoms with Gasteiger partial charge in [-0.3, -0.25) is 0 Å². The second kappa shape index (κ2) is 16.1. The quantitative estimate of drug-likeness (QED) is 0.0680. The number of unbranched alkanes of at least 4 members (excludes halogenated alkanes) is 1. The van der Waals surface area contributed by atoms with E-state index in [-0.39, 0.29) is 17.8 Å². The maximum Gasteiger partial charge on any atom is 0.341 e. The third-order valence-corrected chi connectivity index (χ3v) is 7.17. The molecule has 4 aromatic carbocycles. The highest BCUT2D eigenvalue weighted by Crippen LogP contribution is 2.30. The zero-order chi connectivity index (χ0) is 32.2. The molecule has 6 nitrogen and oxygen atoms in total. The molecule has 0 amide bonds. The molecule has 6 heteroatoms. The largest absolute Gasteiger partial charge is 0.423 e. The van der Waals surface area contributed by atoms with Crippen molar-refractivity contribution in [1.29, 1.82) is 0 Å². The molecule has 0 fully saturated rings. The molecule has 0 unspecified atom stereocenters. The van der Waals surface area contributed by atoms with E-state index in [2.05, 4.69) is 68.6 Å². The number of aryl methyl sites for hydroxylation is 1. The van der Waals surface area contributed by atoms with Crippen LogP contribution in [0.4, 0.5) is 0 Å². The van der Waals surface area contributed by atoms with Gasteiger partial charge in [-0.1, -0.05) is 105 Å². The second-order valence-corrected chi connectivity index (χ2v) is 10.6. The molecule has 0 aliphatic rings. The lowest BCUT2D eigenvalue weighted by atomic mass is 10.00. The summed E-state index contributed by atoms with van der Waals surface area (Å²) in [6.07, 6.45) is 7.35. The van der Waals surface area contributed by atoms with Gasteiger partial charge >= 0.3 is 11.9 Å². The number of benzene rings is 4. The van der Waals surface area contributed by atoms with Gasteiger partial charge in [-0.15, -0.1) is 0 Å². The van der Waals surface area contributed by atoms with Gasteiger partial charge in [0.1, 0.15) is 11.5 Å². The first-order valence-corrected chi connectivity index (χ1v) is 14.8. The Morgan fingerprint density at radius 3 is 1.93 bits per heavy atom. The Hall–Kier alpha value is -5.04. The van der Waals surface area contributed by atoms with Crippen LogP contribution < -0.4 is 9.47 Å². The van der Waals surface area contributed by atoms with Gasteiger partial charge in [-0.25, -0.2) is 9.59 Å². The van der Waals surface area contributed by atoms with Crippen LogP contribution in [0.1, 0.15) is 36.5 Å². The van der Waals surface area contributed by atoms with Crippen LogP contribution in [0.2, 0.25) is 0 Å². The van der Waals surface area contributed by atoms with Crippen molar-refractivity contribution in [2.75, 3.05) is 20.3 Å². The average molecular weight is 603 g/mol.